The van der Waals surface area contributed by atoms with Gasteiger partial charge in [-0.25, -0.2) is 9.78 Å². The van der Waals surface area contributed by atoms with Crippen LogP contribution in [-0.4, -0.2) is 34.6 Å². The molecule has 1 fully saturated rings. The van der Waals surface area contributed by atoms with Gasteiger partial charge in [-0.2, -0.15) is 9.78 Å². The van der Waals surface area contributed by atoms with Crippen LogP contribution in [0, 0.1) is 0 Å². The summed E-state index contributed by atoms with van der Waals surface area (Å²) in [7, 11) is 0. The Bertz CT molecular complexity index is 1520. The van der Waals surface area contributed by atoms with E-state index in [0.717, 1.165) is 36.5 Å². The van der Waals surface area contributed by atoms with E-state index in [1.165, 1.54) is 11.1 Å². The predicted octanol–water partition coefficient (Wildman–Crippen LogP) is 5.81. The van der Waals surface area contributed by atoms with Crippen LogP contribution in [0.15, 0.2) is 70.6 Å². The molecule has 3 aromatic carbocycles. The maximum atomic E-state index is 13.6. The third-order valence-corrected chi connectivity index (χ3v) is 6.90. The van der Waals surface area contributed by atoms with E-state index in [4.69, 9.17) is 19.6 Å². The highest BCUT2D eigenvalue weighted by atomic mass is 16.6. The van der Waals surface area contributed by atoms with Crippen LogP contribution >= 0.6 is 0 Å². The van der Waals surface area contributed by atoms with E-state index in [0.29, 0.717) is 28.0 Å². The number of esters is 1. The van der Waals surface area contributed by atoms with Gasteiger partial charge in [-0.05, 0) is 55.7 Å². The lowest BCUT2D eigenvalue weighted by atomic mass is 9.88. The number of hydrogen-bond acceptors (Lipinski definition) is 6. The van der Waals surface area contributed by atoms with Crippen LogP contribution < -0.4 is 10.3 Å². The summed E-state index contributed by atoms with van der Waals surface area (Å²) in [6.45, 7) is 3.70. The molecule has 1 heterocycles. The molecule has 0 saturated heterocycles. The average molecular weight is 498 g/mol. The van der Waals surface area contributed by atoms with Crippen molar-refractivity contribution in [3.8, 4) is 5.75 Å². The second-order valence-corrected chi connectivity index (χ2v) is 9.39. The van der Waals surface area contributed by atoms with Gasteiger partial charge >= 0.3 is 5.97 Å². The normalized spacial score (nSPS) is 15.3. The Kier molecular flexibility index (Phi) is 7.30. The monoisotopic (exact) mass is 497 g/mol. The molecule has 7 heteroatoms. The van der Waals surface area contributed by atoms with Crippen molar-refractivity contribution in [3.63, 3.8) is 0 Å². The van der Waals surface area contributed by atoms with Gasteiger partial charge in [0.1, 0.15) is 11.6 Å². The van der Waals surface area contributed by atoms with Crippen molar-refractivity contribution in [1.82, 2.24) is 9.66 Å². The summed E-state index contributed by atoms with van der Waals surface area (Å²) in [5.74, 6) is 0.926. The van der Waals surface area contributed by atoms with Gasteiger partial charge in [0, 0.05) is 11.5 Å². The molecule has 190 valence electrons. The van der Waals surface area contributed by atoms with Crippen molar-refractivity contribution in [2.45, 2.75) is 58.0 Å². The topological polar surface area (TPSA) is 82.8 Å². The summed E-state index contributed by atoms with van der Waals surface area (Å²) in [5, 5.41) is 7.15. The molecule has 1 aliphatic carbocycles. The van der Waals surface area contributed by atoms with Crippen LogP contribution in [0.25, 0.3) is 21.7 Å². The third kappa shape index (κ3) is 5.12. The first-order chi connectivity index (χ1) is 18.1. The number of para-hydroxylation sites is 1. The zero-order valence-corrected chi connectivity index (χ0v) is 21.2. The van der Waals surface area contributed by atoms with E-state index in [1.54, 1.807) is 26.1 Å². The molecule has 0 spiro atoms. The number of hydrogen-bond donors (Lipinski definition) is 0. The lowest BCUT2D eigenvalue weighted by molar-refractivity contribution is -0.150. The van der Waals surface area contributed by atoms with Crippen molar-refractivity contribution in [1.29, 1.82) is 0 Å². The lowest BCUT2D eigenvalue weighted by Gasteiger charge is -2.23. The van der Waals surface area contributed by atoms with E-state index >= 15 is 0 Å². The Hall–Kier alpha value is -4.00. The second-order valence-electron chi connectivity index (χ2n) is 9.39. The molecule has 1 aromatic heterocycles. The molecule has 7 nitrogen and oxygen atoms in total. The Morgan fingerprint density at radius 2 is 1.78 bits per heavy atom. The van der Waals surface area contributed by atoms with Gasteiger partial charge in [-0.3, -0.25) is 4.79 Å². The van der Waals surface area contributed by atoms with E-state index in [9.17, 15) is 9.59 Å². The number of aromatic nitrogens is 2. The van der Waals surface area contributed by atoms with Crippen molar-refractivity contribution in [2.24, 2.45) is 5.10 Å². The Balaban J connectivity index is 1.63. The second kappa shape index (κ2) is 10.9. The van der Waals surface area contributed by atoms with Crippen molar-refractivity contribution in [2.75, 3.05) is 6.61 Å². The van der Waals surface area contributed by atoms with E-state index in [2.05, 4.69) is 0 Å². The number of carbonyl (C=O) groups is 1. The summed E-state index contributed by atoms with van der Waals surface area (Å²) in [6.07, 6.45) is 6.26. The maximum absolute atomic E-state index is 13.6. The van der Waals surface area contributed by atoms with Crippen LogP contribution in [0.2, 0.25) is 0 Å². The molecular formula is C30H31N3O4. The van der Waals surface area contributed by atoms with Crippen LogP contribution in [0.4, 0.5) is 0 Å². The van der Waals surface area contributed by atoms with E-state index < -0.39 is 12.1 Å². The Morgan fingerprint density at radius 1 is 1.05 bits per heavy atom. The van der Waals surface area contributed by atoms with Crippen molar-refractivity contribution in [3.05, 3.63) is 82.4 Å². The molecule has 1 aliphatic rings. The standard InChI is InChI=1S/C30H31N3O4/c1-3-36-30(35)20(2)37-27-18-17-21-11-7-8-14-23(21)25(27)19-31-33-28(22-12-5-4-6-13-22)32-26-16-10-9-15-24(26)29(33)34/h7-11,14-20,22H,3-6,12-13H2,1-2H3/t20-/m0/s1. The first kappa shape index (κ1) is 24.7. The van der Waals surface area contributed by atoms with Crippen LogP contribution in [0.5, 0.6) is 5.75 Å². The van der Waals surface area contributed by atoms with Crippen molar-refractivity contribution < 1.29 is 14.3 Å². The zero-order chi connectivity index (χ0) is 25.8. The largest absolute Gasteiger partial charge is 0.478 e. The summed E-state index contributed by atoms with van der Waals surface area (Å²) in [5.41, 5.74) is 1.19. The number of ether oxygens (including phenoxy) is 2. The van der Waals surface area contributed by atoms with Gasteiger partial charge < -0.3 is 9.47 Å². The molecule has 0 amide bonds. The first-order valence-corrected chi connectivity index (χ1v) is 13.0. The fraction of sp³-hybridized carbons (Fsp3) is 0.333. The number of benzene rings is 3. The molecule has 5 rings (SSSR count). The number of rotatable bonds is 7. The Labute approximate surface area is 215 Å². The summed E-state index contributed by atoms with van der Waals surface area (Å²) >= 11 is 0. The molecule has 1 saturated carbocycles. The molecule has 0 N–H and O–H groups in total. The molecule has 0 unspecified atom stereocenters. The van der Waals surface area contributed by atoms with Gasteiger partial charge in [0.15, 0.2) is 6.10 Å². The molecule has 0 aliphatic heterocycles. The average Bonchev–Trinajstić information content (AvgIpc) is 2.93. The summed E-state index contributed by atoms with van der Waals surface area (Å²) in [4.78, 5) is 30.8. The minimum atomic E-state index is -0.795. The molecule has 1 atom stereocenters. The van der Waals surface area contributed by atoms with E-state index in [-0.39, 0.29) is 18.1 Å². The molecule has 0 radical (unpaired) electrons. The van der Waals surface area contributed by atoms with Crippen LogP contribution in [0.3, 0.4) is 0 Å². The number of nitrogens with zero attached hydrogens (tertiary/aromatic N) is 3. The predicted molar refractivity (Wildman–Crippen MR) is 145 cm³/mol. The fourth-order valence-corrected chi connectivity index (χ4v) is 5.00. The lowest BCUT2D eigenvalue weighted by Crippen LogP contribution is -2.27. The van der Waals surface area contributed by atoms with Crippen molar-refractivity contribution >= 4 is 33.9 Å². The zero-order valence-electron chi connectivity index (χ0n) is 21.2. The highest BCUT2D eigenvalue weighted by Crippen LogP contribution is 2.32. The van der Waals surface area contributed by atoms with E-state index in [1.807, 2.05) is 54.6 Å². The highest BCUT2D eigenvalue weighted by molar-refractivity contribution is 6.02. The van der Waals surface area contributed by atoms with Gasteiger partial charge in [0.25, 0.3) is 5.56 Å². The van der Waals surface area contributed by atoms with Gasteiger partial charge in [0.2, 0.25) is 0 Å². The number of fused-ring (bicyclic) bond motifs is 2. The van der Waals surface area contributed by atoms with Gasteiger partial charge in [-0.1, -0.05) is 61.7 Å². The minimum absolute atomic E-state index is 0.176. The van der Waals surface area contributed by atoms with Gasteiger partial charge in [-0.15, -0.1) is 0 Å². The summed E-state index contributed by atoms with van der Waals surface area (Å²) < 4.78 is 12.6. The summed E-state index contributed by atoms with van der Waals surface area (Å²) in [6, 6.07) is 19.0. The Morgan fingerprint density at radius 3 is 2.57 bits per heavy atom. The molecule has 4 aromatic rings. The fourth-order valence-electron chi connectivity index (χ4n) is 5.00. The maximum Gasteiger partial charge on any atom is 0.347 e. The van der Waals surface area contributed by atoms with Crippen LogP contribution in [0.1, 0.15) is 63.3 Å². The molecule has 37 heavy (non-hydrogen) atoms. The third-order valence-electron chi connectivity index (χ3n) is 6.90. The van der Waals surface area contributed by atoms with Crippen LogP contribution in [-0.2, 0) is 9.53 Å². The SMILES string of the molecule is CCOC(=O)[C@H](C)Oc1ccc2ccccc2c1C=Nn1c(C2CCCCC2)nc2ccccc2c1=O. The highest BCUT2D eigenvalue weighted by Gasteiger charge is 2.23. The van der Waals surface area contributed by atoms with Gasteiger partial charge in [0.05, 0.1) is 23.7 Å². The number of carbonyl (C=O) groups excluding carboxylic acids is 1. The first-order valence-electron chi connectivity index (χ1n) is 13.0. The minimum Gasteiger partial charge on any atom is -0.478 e. The quantitative estimate of drug-likeness (QED) is 0.238. The molecule has 0 bridgehead atoms. The molecular weight excluding hydrogens is 466 g/mol. The smallest absolute Gasteiger partial charge is 0.347 e.